The standard InChI is InChI=1S/C12H16N2O/c15-11(9-2-1-3-13-6-9)10-4-12(5-10)7-14-8-12/h1-3,6,10-11,14-15H,4-5,7-8H2/t11-/m1/s1. The van der Waals surface area contributed by atoms with E-state index in [4.69, 9.17) is 0 Å². The summed E-state index contributed by atoms with van der Waals surface area (Å²) in [5, 5.41) is 13.4. The van der Waals surface area contributed by atoms with E-state index in [2.05, 4.69) is 10.3 Å². The molecule has 0 radical (unpaired) electrons. The van der Waals surface area contributed by atoms with Gasteiger partial charge >= 0.3 is 0 Å². The van der Waals surface area contributed by atoms with Gasteiger partial charge in [0, 0.05) is 25.5 Å². The Kier molecular flexibility index (Phi) is 2.04. The minimum absolute atomic E-state index is 0.315. The number of aliphatic hydroxyl groups is 1. The number of hydrogen-bond donors (Lipinski definition) is 2. The molecule has 3 rings (SSSR count). The second-order valence-corrected chi connectivity index (χ2v) is 5.00. The zero-order chi connectivity index (χ0) is 10.3. The van der Waals surface area contributed by atoms with Crippen LogP contribution in [0.2, 0.25) is 0 Å². The molecule has 2 heterocycles. The lowest BCUT2D eigenvalue weighted by molar-refractivity contribution is -0.0642. The predicted octanol–water partition coefficient (Wildman–Crippen LogP) is 1.11. The highest BCUT2D eigenvalue weighted by Gasteiger charge is 2.50. The van der Waals surface area contributed by atoms with E-state index in [0.717, 1.165) is 31.5 Å². The molecule has 1 aliphatic heterocycles. The highest BCUT2D eigenvalue weighted by Crippen LogP contribution is 2.52. The fourth-order valence-corrected chi connectivity index (χ4v) is 2.87. The first-order chi connectivity index (χ1) is 7.29. The van der Waals surface area contributed by atoms with Crippen molar-refractivity contribution < 1.29 is 5.11 Å². The molecular weight excluding hydrogens is 188 g/mol. The number of pyridine rings is 1. The smallest absolute Gasteiger partial charge is 0.0833 e. The molecule has 1 atom stereocenters. The van der Waals surface area contributed by atoms with Crippen LogP contribution in [0.4, 0.5) is 0 Å². The number of nitrogens with one attached hydrogen (secondary N) is 1. The van der Waals surface area contributed by atoms with Gasteiger partial charge in [-0.15, -0.1) is 0 Å². The Hall–Kier alpha value is -0.930. The molecule has 1 saturated carbocycles. The van der Waals surface area contributed by atoms with Gasteiger partial charge in [0.25, 0.3) is 0 Å². The fourth-order valence-electron chi connectivity index (χ4n) is 2.87. The maximum Gasteiger partial charge on any atom is 0.0833 e. The summed E-state index contributed by atoms with van der Waals surface area (Å²) in [4.78, 5) is 4.04. The van der Waals surface area contributed by atoms with Gasteiger partial charge < -0.3 is 10.4 Å². The van der Waals surface area contributed by atoms with Crippen molar-refractivity contribution in [3.05, 3.63) is 30.1 Å². The van der Waals surface area contributed by atoms with E-state index in [9.17, 15) is 5.11 Å². The zero-order valence-corrected chi connectivity index (χ0v) is 8.69. The third-order valence-corrected chi connectivity index (χ3v) is 3.86. The van der Waals surface area contributed by atoms with E-state index in [1.54, 1.807) is 12.4 Å². The number of aliphatic hydroxyl groups excluding tert-OH is 1. The van der Waals surface area contributed by atoms with Crippen LogP contribution in [0, 0.1) is 11.3 Å². The number of aromatic nitrogens is 1. The lowest BCUT2D eigenvalue weighted by Gasteiger charge is -2.55. The monoisotopic (exact) mass is 204 g/mol. The molecule has 1 spiro atoms. The van der Waals surface area contributed by atoms with E-state index in [-0.39, 0.29) is 6.10 Å². The van der Waals surface area contributed by atoms with Gasteiger partial charge in [-0.2, -0.15) is 0 Å². The summed E-state index contributed by atoms with van der Waals surface area (Å²) in [7, 11) is 0. The Balaban J connectivity index is 1.65. The Morgan fingerprint density at radius 1 is 1.47 bits per heavy atom. The van der Waals surface area contributed by atoms with Gasteiger partial charge in [0.1, 0.15) is 0 Å². The quantitative estimate of drug-likeness (QED) is 0.758. The maximum absolute atomic E-state index is 10.1. The number of rotatable bonds is 2. The SMILES string of the molecule is O[C@H](c1cccnc1)C1CC2(CNC2)C1. The molecule has 1 saturated heterocycles. The van der Waals surface area contributed by atoms with Crippen LogP contribution in [-0.4, -0.2) is 23.2 Å². The fraction of sp³-hybridized carbons (Fsp3) is 0.583. The van der Waals surface area contributed by atoms with Gasteiger partial charge in [0.05, 0.1) is 6.10 Å². The second-order valence-electron chi connectivity index (χ2n) is 5.00. The average molecular weight is 204 g/mol. The molecule has 15 heavy (non-hydrogen) atoms. The third kappa shape index (κ3) is 1.46. The zero-order valence-electron chi connectivity index (χ0n) is 8.69. The summed E-state index contributed by atoms with van der Waals surface area (Å²) >= 11 is 0. The Bertz CT molecular complexity index is 340. The molecule has 0 amide bonds. The van der Waals surface area contributed by atoms with Crippen molar-refractivity contribution in [1.29, 1.82) is 0 Å². The molecular formula is C12H16N2O. The number of hydrogen-bond acceptors (Lipinski definition) is 3. The van der Waals surface area contributed by atoms with E-state index in [0.29, 0.717) is 11.3 Å². The second kappa shape index (κ2) is 3.29. The molecule has 2 aliphatic rings. The van der Waals surface area contributed by atoms with Crippen LogP contribution in [0.1, 0.15) is 24.5 Å². The number of nitrogens with zero attached hydrogens (tertiary/aromatic N) is 1. The van der Waals surface area contributed by atoms with Crippen LogP contribution >= 0.6 is 0 Å². The van der Waals surface area contributed by atoms with Crippen LogP contribution in [0.5, 0.6) is 0 Å². The van der Waals surface area contributed by atoms with Crippen molar-refractivity contribution in [3.63, 3.8) is 0 Å². The van der Waals surface area contributed by atoms with E-state index in [1.165, 1.54) is 0 Å². The first kappa shape index (κ1) is 9.31. The predicted molar refractivity (Wildman–Crippen MR) is 57.2 cm³/mol. The summed E-state index contributed by atoms with van der Waals surface area (Å²) in [6, 6.07) is 3.85. The molecule has 80 valence electrons. The largest absolute Gasteiger partial charge is 0.388 e. The van der Waals surface area contributed by atoms with Crippen molar-refractivity contribution in [3.8, 4) is 0 Å². The van der Waals surface area contributed by atoms with Crippen molar-refractivity contribution in [2.75, 3.05) is 13.1 Å². The van der Waals surface area contributed by atoms with Gasteiger partial charge in [-0.25, -0.2) is 0 Å². The third-order valence-electron chi connectivity index (χ3n) is 3.86. The molecule has 1 aromatic rings. The van der Waals surface area contributed by atoms with Crippen molar-refractivity contribution in [1.82, 2.24) is 10.3 Å². The van der Waals surface area contributed by atoms with Gasteiger partial charge in [-0.1, -0.05) is 6.07 Å². The molecule has 0 bridgehead atoms. The summed E-state index contributed by atoms with van der Waals surface area (Å²) in [5.74, 6) is 0.441. The topological polar surface area (TPSA) is 45.2 Å². The first-order valence-electron chi connectivity index (χ1n) is 5.58. The summed E-state index contributed by atoms with van der Waals surface area (Å²) < 4.78 is 0. The molecule has 1 aromatic heterocycles. The molecule has 2 fully saturated rings. The van der Waals surface area contributed by atoms with Crippen molar-refractivity contribution in [2.45, 2.75) is 18.9 Å². The maximum atomic E-state index is 10.1. The van der Waals surface area contributed by atoms with Crippen LogP contribution in [-0.2, 0) is 0 Å². The van der Waals surface area contributed by atoms with Crippen molar-refractivity contribution in [2.24, 2.45) is 11.3 Å². The van der Waals surface area contributed by atoms with Crippen LogP contribution in [0.25, 0.3) is 0 Å². The average Bonchev–Trinajstić information content (AvgIpc) is 2.14. The van der Waals surface area contributed by atoms with E-state index < -0.39 is 0 Å². The Labute approximate surface area is 89.5 Å². The lowest BCUT2D eigenvalue weighted by Crippen LogP contribution is -2.60. The normalized spacial score (nSPS) is 25.7. The van der Waals surface area contributed by atoms with E-state index >= 15 is 0 Å². The van der Waals surface area contributed by atoms with Crippen LogP contribution in [0.15, 0.2) is 24.5 Å². The Morgan fingerprint density at radius 3 is 2.80 bits per heavy atom. The molecule has 0 unspecified atom stereocenters. The summed E-state index contributed by atoms with van der Waals surface area (Å²) in [6.45, 7) is 2.28. The molecule has 3 nitrogen and oxygen atoms in total. The van der Waals surface area contributed by atoms with E-state index in [1.807, 2.05) is 12.1 Å². The van der Waals surface area contributed by atoms with Crippen LogP contribution in [0.3, 0.4) is 0 Å². The minimum Gasteiger partial charge on any atom is -0.388 e. The Morgan fingerprint density at radius 2 is 2.27 bits per heavy atom. The minimum atomic E-state index is -0.315. The molecule has 1 aliphatic carbocycles. The summed E-state index contributed by atoms with van der Waals surface area (Å²) in [5.41, 5.74) is 1.50. The molecule has 2 N–H and O–H groups in total. The van der Waals surface area contributed by atoms with Crippen molar-refractivity contribution >= 4 is 0 Å². The highest BCUT2D eigenvalue weighted by atomic mass is 16.3. The van der Waals surface area contributed by atoms with Gasteiger partial charge in [0.15, 0.2) is 0 Å². The molecule has 0 aromatic carbocycles. The van der Waals surface area contributed by atoms with Crippen LogP contribution < -0.4 is 5.32 Å². The lowest BCUT2D eigenvalue weighted by atomic mass is 9.56. The highest BCUT2D eigenvalue weighted by molar-refractivity contribution is 5.16. The summed E-state index contributed by atoms with van der Waals surface area (Å²) in [6.07, 6.45) is 5.53. The van der Waals surface area contributed by atoms with Gasteiger partial charge in [0.2, 0.25) is 0 Å². The van der Waals surface area contributed by atoms with Gasteiger partial charge in [-0.3, -0.25) is 4.98 Å². The van der Waals surface area contributed by atoms with Gasteiger partial charge in [-0.05, 0) is 35.8 Å². The first-order valence-corrected chi connectivity index (χ1v) is 5.58. The molecule has 3 heteroatoms.